The number of aliphatic hydroxyl groups is 1. The number of nitrogens with zero attached hydrogens (tertiary/aromatic N) is 1. The van der Waals surface area contributed by atoms with Crippen LogP contribution in [0.2, 0.25) is 5.02 Å². The molecule has 3 atom stereocenters. The lowest BCUT2D eigenvalue weighted by Crippen LogP contribution is -2.50. The summed E-state index contributed by atoms with van der Waals surface area (Å²) >= 11 is 5.71. The van der Waals surface area contributed by atoms with Crippen LogP contribution in [-0.4, -0.2) is 47.9 Å². The number of amides is 2. The van der Waals surface area contributed by atoms with E-state index in [1.54, 1.807) is 11.0 Å². The molecule has 0 bridgehead atoms. The molecule has 0 spiro atoms. The molecule has 3 unspecified atom stereocenters. The number of aliphatic hydroxyl groups excluding tert-OH is 1. The number of carbonyl (C=O) groups is 1. The highest BCUT2D eigenvalue weighted by atomic mass is 35.5. The minimum Gasteiger partial charge on any atom is -0.391 e. The van der Waals surface area contributed by atoms with Crippen molar-refractivity contribution in [1.82, 2.24) is 10.2 Å². The Morgan fingerprint density at radius 1 is 1.43 bits per heavy atom. The zero-order chi connectivity index (χ0) is 16.4. The van der Waals surface area contributed by atoms with Gasteiger partial charge in [-0.15, -0.1) is 0 Å². The summed E-state index contributed by atoms with van der Waals surface area (Å²) in [7, 11) is 0. The number of nitrogens with one attached hydrogen (secondary N) is 1. The van der Waals surface area contributed by atoms with Crippen molar-refractivity contribution in [2.75, 3.05) is 19.7 Å². The van der Waals surface area contributed by atoms with Gasteiger partial charge >= 0.3 is 6.03 Å². The highest BCUT2D eigenvalue weighted by Gasteiger charge is 2.33. The van der Waals surface area contributed by atoms with E-state index in [9.17, 15) is 14.3 Å². The summed E-state index contributed by atoms with van der Waals surface area (Å²) in [5.41, 5.74) is 0.661. The normalized spacial score (nSPS) is 28.0. The van der Waals surface area contributed by atoms with E-state index in [1.807, 2.05) is 0 Å². The lowest BCUT2D eigenvalue weighted by Gasteiger charge is -2.32. The Hall–Kier alpha value is -1.37. The molecule has 0 aromatic heterocycles. The molecule has 2 heterocycles. The maximum atomic E-state index is 13.6. The fourth-order valence-corrected chi connectivity index (χ4v) is 3.26. The molecule has 23 heavy (non-hydrogen) atoms. The lowest BCUT2D eigenvalue weighted by molar-refractivity contribution is 0.0774. The van der Waals surface area contributed by atoms with E-state index < -0.39 is 11.9 Å². The molecule has 126 valence electrons. The molecule has 2 aliphatic rings. The summed E-state index contributed by atoms with van der Waals surface area (Å²) in [6, 6.07) is 4.13. The van der Waals surface area contributed by atoms with Crippen molar-refractivity contribution >= 4 is 17.6 Å². The van der Waals surface area contributed by atoms with Crippen molar-refractivity contribution in [1.29, 1.82) is 0 Å². The number of halogens is 2. The van der Waals surface area contributed by atoms with Gasteiger partial charge in [0.15, 0.2) is 0 Å². The van der Waals surface area contributed by atoms with Gasteiger partial charge in [-0.05, 0) is 37.0 Å². The molecule has 7 heteroatoms. The first kappa shape index (κ1) is 16.5. The standard InChI is InChI=1S/C16H20ClFN2O3/c17-12-4-3-10(8-13(12)18)15-14(5-7-23-15)19-16(22)20-6-1-2-11(21)9-20/h3-4,8,11,14-15,21H,1-2,5-7,9H2,(H,19,22). The Labute approximate surface area is 139 Å². The molecule has 0 saturated carbocycles. The molecule has 2 fully saturated rings. The second-order valence-electron chi connectivity index (χ2n) is 6.05. The van der Waals surface area contributed by atoms with Gasteiger partial charge < -0.3 is 20.1 Å². The van der Waals surface area contributed by atoms with E-state index in [0.717, 1.165) is 12.8 Å². The van der Waals surface area contributed by atoms with Gasteiger partial charge in [-0.1, -0.05) is 17.7 Å². The molecule has 0 aliphatic carbocycles. The number of hydrogen-bond donors (Lipinski definition) is 2. The maximum absolute atomic E-state index is 13.6. The van der Waals surface area contributed by atoms with E-state index in [1.165, 1.54) is 12.1 Å². The number of hydrogen-bond acceptors (Lipinski definition) is 3. The highest BCUT2D eigenvalue weighted by molar-refractivity contribution is 6.30. The molecule has 5 nitrogen and oxygen atoms in total. The van der Waals surface area contributed by atoms with Crippen molar-refractivity contribution in [3.05, 3.63) is 34.6 Å². The summed E-state index contributed by atoms with van der Waals surface area (Å²) < 4.78 is 19.3. The Balaban J connectivity index is 1.66. The van der Waals surface area contributed by atoms with Gasteiger partial charge in [0.25, 0.3) is 0 Å². The summed E-state index contributed by atoms with van der Waals surface area (Å²) in [5, 5.41) is 12.7. The van der Waals surface area contributed by atoms with Gasteiger partial charge in [0.1, 0.15) is 11.9 Å². The Morgan fingerprint density at radius 2 is 2.26 bits per heavy atom. The number of rotatable bonds is 2. The van der Waals surface area contributed by atoms with Gasteiger partial charge in [-0.2, -0.15) is 0 Å². The van der Waals surface area contributed by atoms with Crippen molar-refractivity contribution in [3.63, 3.8) is 0 Å². The molecule has 2 aliphatic heterocycles. The van der Waals surface area contributed by atoms with Crippen molar-refractivity contribution in [2.24, 2.45) is 0 Å². The van der Waals surface area contributed by atoms with Crippen LogP contribution in [0.5, 0.6) is 0 Å². The second kappa shape index (κ2) is 7.03. The van der Waals surface area contributed by atoms with Gasteiger partial charge in [-0.3, -0.25) is 0 Å². The quantitative estimate of drug-likeness (QED) is 0.868. The summed E-state index contributed by atoms with van der Waals surface area (Å²) in [5.74, 6) is -0.496. The number of carbonyl (C=O) groups excluding carboxylic acids is 1. The van der Waals surface area contributed by atoms with E-state index in [0.29, 0.717) is 31.7 Å². The molecule has 2 N–H and O–H groups in total. The Bertz CT molecular complexity index is 586. The number of β-amino-alcohol motifs (C(OH)–C–C–N with tert-alkyl or cyclic N) is 1. The maximum Gasteiger partial charge on any atom is 0.317 e. The smallest absolute Gasteiger partial charge is 0.317 e. The highest BCUT2D eigenvalue weighted by Crippen LogP contribution is 2.31. The third-order valence-corrected chi connectivity index (χ3v) is 4.66. The van der Waals surface area contributed by atoms with Crippen molar-refractivity contribution < 1.29 is 19.0 Å². The van der Waals surface area contributed by atoms with Crippen LogP contribution in [0.15, 0.2) is 18.2 Å². The van der Waals surface area contributed by atoms with Crippen LogP contribution in [0, 0.1) is 5.82 Å². The topological polar surface area (TPSA) is 61.8 Å². The zero-order valence-electron chi connectivity index (χ0n) is 12.7. The van der Waals surface area contributed by atoms with Gasteiger partial charge in [0.05, 0.1) is 17.2 Å². The average molecular weight is 343 g/mol. The molecule has 0 radical (unpaired) electrons. The first-order valence-electron chi connectivity index (χ1n) is 7.84. The average Bonchev–Trinajstić information content (AvgIpc) is 2.98. The first-order valence-corrected chi connectivity index (χ1v) is 8.22. The van der Waals surface area contributed by atoms with Crippen LogP contribution < -0.4 is 5.32 Å². The van der Waals surface area contributed by atoms with Crippen LogP contribution in [0.25, 0.3) is 0 Å². The Kier molecular flexibility index (Phi) is 5.04. The van der Waals surface area contributed by atoms with Crippen molar-refractivity contribution in [2.45, 2.75) is 37.5 Å². The van der Waals surface area contributed by atoms with Gasteiger partial charge in [-0.25, -0.2) is 9.18 Å². The monoisotopic (exact) mass is 342 g/mol. The molecular formula is C16H20ClFN2O3. The first-order chi connectivity index (χ1) is 11.0. The van der Waals surface area contributed by atoms with Crippen LogP contribution in [0.1, 0.15) is 30.9 Å². The summed E-state index contributed by atoms with van der Waals surface area (Å²) in [4.78, 5) is 14.0. The third kappa shape index (κ3) is 3.76. The van der Waals surface area contributed by atoms with Gasteiger partial charge in [0, 0.05) is 19.7 Å². The molecule has 2 amide bonds. The molecule has 1 aromatic carbocycles. The van der Waals surface area contributed by atoms with Gasteiger partial charge in [0.2, 0.25) is 0 Å². The molecule has 1 aromatic rings. The summed E-state index contributed by atoms with van der Waals surface area (Å²) in [6.45, 7) is 1.48. The van der Waals surface area contributed by atoms with E-state index >= 15 is 0 Å². The number of ether oxygens (including phenoxy) is 1. The van der Waals surface area contributed by atoms with Crippen LogP contribution in [0.4, 0.5) is 9.18 Å². The van der Waals surface area contributed by atoms with Crippen LogP contribution >= 0.6 is 11.6 Å². The molecule has 2 saturated heterocycles. The molecule has 3 rings (SSSR count). The largest absolute Gasteiger partial charge is 0.391 e. The minimum atomic E-state index is -0.496. The number of urea groups is 1. The SMILES string of the molecule is O=C(NC1CCOC1c1ccc(Cl)c(F)c1)N1CCCC(O)C1. The Morgan fingerprint density at radius 3 is 3.00 bits per heavy atom. The van der Waals surface area contributed by atoms with Crippen molar-refractivity contribution in [3.8, 4) is 0 Å². The third-order valence-electron chi connectivity index (χ3n) is 4.36. The minimum absolute atomic E-state index is 0.0645. The molecular weight excluding hydrogens is 323 g/mol. The number of likely N-dealkylation sites (tertiary alicyclic amines) is 1. The lowest BCUT2D eigenvalue weighted by atomic mass is 10.0. The zero-order valence-corrected chi connectivity index (χ0v) is 13.4. The van der Waals surface area contributed by atoms with E-state index in [-0.39, 0.29) is 23.2 Å². The number of piperidine rings is 1. The van der Waals surface area contributed by atoms with Crippen LogP contribution in [0.3, 0.4) is 0 Å². The predicted molar refractivity (Wildman–Crippen MR) is 83.9 cm³/mol. The fraction of sp³-hybridized carbons (Fsp3) is 0.562. The fourth-order valence-electron chi connectivity index (χ4n) is 3.14. The van der Waals surface area contributed by atoms with E-state index in [4.69, 9.17) is 16.3 Å². The van der Waals surface area contributed by atoms with E-state index in [2.05, 4.69) is 5.32 Å². The summed E-state index contributed by atoms with van der Waals surface area (Å²) in [6.07, 6.45) is 1.33. The predicted octanol–water partition coefficient (Wildman–Crippen LogP) is 2.48. The number of benzene rings is 1. The van der Waals surface area contributed by atoms with Crippen LogP contribution in [-0.2, 0) is 4.74 Å². The second-order valence-corrected chi connectivity index (χ2v) is 6.46.